The molecule has 0 fully saturated rings. The molecule has 1 aromatic heterocycles. The van der Waals surface area contributed by atoms with Crippen LogP contribution in [0, 0.1) is 0 Å². The Morgan fingerprint density at radius 1 is 1.00 bits per heavy atom. The topological polar surface area (TPSA) is 34.1 Å². The molecule has 0 saturated carbocycles. The zero-order valence-corrected chi connectivity index (χ0v) is 12.4. The third-order valence-corrected chi connectivity index (χ3v) is 5.61. The van der Waals surface area contributed by atoms with Crippen LogP contribution < -0.4 is 0 Å². The molecule has 0 aliphatic heterocycles. The standard InChI is InChI=1S/C12H10Cl2O2S2/c13-11-4-2-1-3-9(11)7-18(15,16)8-10-5-6-12(14)17-10/h1-6H,7-8H2. The molecule has 0 radical (unpaired) electrons. The fourth-order valence-electron chi connectivity index (χ4n) is 1.55. The Morgan fingerprint density at radius 2 is 1.72 bits per heavy atom. The summed E-state index contributed by atoms with van der Waals surface area (Å²) in [5, 5.41) is 0.477. The Hall–Kier alpha value is -0.550. The highest BCUT2D eigenvalue weighted by molar-refractivity contribution is 7.90. The Balaban J connectivity index is 2.15. The first kappa shape index (κ1) is 13.9. The van der Waals surface area contributed by atoms with Gasteiger partial charge in [0.2, 0.25) is 0 Å². The zero-order chi connectivity index (χ0) is 13.2. The number of sulfone groups is 1. The molecule has 2 nitrogen and oxygen atoms in total. The lowest BCUT2D eigenvalue weighted by atomic mass is 10.2. The minimum atomic E-state index is -3.23. The molecule has 0 unspecified atom stereocenters. The summed E-state index contributed by atoms with van der Waals surface area (Å²) in [5.74, 6) is -0.0577. The lowest BCUT2D eigenvalue weighted by Gasteiger charge is -2.05. The number of benzene rings is 1. The number of rotatable bonds is 4. The van der Waals surface area contributed by atoms with Crippen molar-refractivity contribution in [2.24, 2.45) is 0 Å². The summed E-state index contributed by atoms with van der Waals surface area (Å²) < 4.78 is 24.7. The predicted octanol–water partition coefficient (Wildman–Crippen LogP) is 4.17. The van der Waals surface area contributed by atoms with Crippen LogP contribution in [0.4, 0.5) is 0 Å². The number of halogens is 2. The van der Waals surface area contributed by atoms with E-state index in [0.29, 0.717) is 14.9 Å². The van der Waals surface area contributed by atoms with Gasteiger partial charge >= 0.3 is 0 Å². The quantitative estimate of drug-likeness (QED) is 0.847. The molecule has 0 amide bonds. The molecular weight excluding hydrogens is 311 g/mol. The van der Waals surface area contributed by atoms with Gasteiger partial charge in [-0.2, -0.15) is 0 Å². The van der Waals surface area contributed by atoms with E-state index in [4.69, 9.17) is 23.2 Å². The van der Waals surface area contributed by atoms with Gasteiger partial charge in [0, 0.05) is 9.90 Å². The summed E-state index contributed by atoms with van der Waals surface area (Å²) in [6, 6.07) is 10.4. The first-order valence-electron chi connectivity index (χ1n) is 5.14. The molecule has 0 spiro atoms. The molecule has 0 atom stereocenters. The molecule has 2 rings (SSSR count). The van der Waals surface area contributed by atoms with E-state index in [-0.39, 0.29) is 11.5 Å². The lowest BCUT2D eigenvalue weighted by molar-refractivity contribution is 0.595. The van der Waals surface area contributed by atoms with E-state index in [1.165, 1.54) is 11.3 Å². The minimum absolute atomic E-state index is 0.00436. The second kappa shape index (κ2) is 5.61. The minimum Gasteiger partial charge on any atom is -0.228 e. The second-order valence-corrected chi connectivity index (χ2v) is 8.10. The van der Waals surface area contributed by atoms with Gasteiger partial charge in [0.15, 0.2) is 9.84 Å². The maximum atomic E-state index is 12.0. The zero-order valence-electron chi connectivity index (χ0n) is 9.27. The average molecular weight is 321 g/mol. The highest BCUT2D eigenvalue weighted by Gasteiger charge is 2.16. The first-order valence-corrected chi connectivity index (χ1v) is 8.54. The Labute approximate surface area is 120 Å². The van der Waals surface area contributed by atoms with Crippen molar-refractivity contribution in [1.82, 2.24) is 0 Å². The van der Waals surface area contributed by atoms with Crippen LogP contribution in [-0.2, 0) is 21.3 Å². The van der Waals surface area contributed by atoms with Gasteiger partial charge in [0.05, 0.1) is 15.8 Å². The third-order valence-electron chi connectivity index (χ3n) is 2.32. The molecule has 0 aliphatic carbocycles. The molecule has 2 aromatic rings. The van der Waals surface area contributed by atoms with Crippen LogP contribution in [0.2, 0.25) is 9.36 Å². The fraction of sp³-hybridized carbons (Fsp3) is 0.167. The number of hydrogen-bond donors (Lipinski definition) is 0. The van der Waals surface area contributed by atoms with Gasteiger partial charge in [-0.1, -0.05) is 41.4 Å². The van der Waals surface area contributed by atoms with Crippen LogP contribution in [0.15, 0.2) is 36.4 Å². The predicted molar refractivity (Wildman–Crippen MR) is 77.1 cm³/mol. The van der Waals surface area contributed by atoms with Crippen molar-refractivity contribution in [3.05, 3.63) is 56.2 Å². The van der Waals surface area contributed by atoms with E-state index >= 15 is 0 Å². The van der Waals surface area contributed by atoms with E-state index in [1.807, 2.05) is 0 Å². The molecule has 1 aromatic carbocycles. The van der Waals surface area contributed by atoms with Crippen molar-refractivity contribution in [3.8, 4) is 0 Å². The lowest BCUT2D eigenvalue weighted by Crippen LogP contribution is -2.07. The Kier molecular flexibility index (Phi) is 4.33. The van der Waals surface area contributed by atoms with Crippen molar-refractivity contribution in [3.63, 3.8) is 0 Å². The van der Waals surface area contributed by atoms with Crippen molar-refractivity contribution < 1.29 is 8.42 Å². The summed E-state index contributed by atoms with van der Waals surface area (Å²) in [5.41, 5.74) is 0.627. The molecule has 0 N–H and O–H groups in total. The average Bonchev–Trinajstić information content (AvgIpc) is 2.66. The van der Waals surface area contributed by atoms with Gasteiger partial charge in [-0.25, -0.2) is 8.42 Å². The summed E-state index contributed by atoms with van der Waals surface area (Å²) in [7, 11) is -3.23. The van der Waals surface area contributed by atoms with Crippen molar-refractivity contribution in [1.29, 1.82) is 0 Å². The van der Waals surface area contributed by atoms with Crippen LogP contribution >= 0.6 is 34.5 Å². The maximum Gasteiger partial charge on any atom is 0.159 e. The summed E-state index contributed by atoms with van der Waals surface area (Å²) >= 11 is 13.0. The molecule has 0 bridgehead atoms. The van der Waals surface area contributed by atoms with E-state index in [0.717, 1.165) is 4.88 Å². The van der Waals surface area contributed by atoms with Gasteiger partial charge in [-0.3, -0.25) is 0 Å². The number of hydrogen-bond acceptors (Lipinski definition) is 3. The molecule has 0 aliphatic rings. The first-order chi connectivity index (χ1) is 8.46. The van der Waals surface area contributed by atoms with Crippen LogP contribution in [0.5, 0.6) is 0 Å². The smallest absolute Gasteiger partial charge is 0.159 e. The van der Waals surface area contributed by atoms with Crippen molar-refractivity contribution in [2.45, 2.75) is 11.5 Å². The van der Waals surface area contributed by atoms with Crippen LogP contribution in [0.1, 0.15) is 10.4 Å². The number of thiophene rings is 1. The van der Waals surface area contributed by atoms with Crippen LogP contribution in [0.25, 0.3) is 0 Å². The second-order valence-electron chi connectivity index (χ2n) is 3.83. The highest BCUT2D eigenvalue weighted by Crippen LogP contribution is 2.25. The summed E-state index contributed by atoms with van der Waals surface area (Å²) in [6.45, 7) is 0. The molecule has 96 valence electrons. The van der Waals surface area contributed by atoms with Gasteiger partial charge in [0.1, 0.15) is 0 Å². The molecule has 1 heterocycles. The largest absolute Gasteiger partial charge is 0.228 e. The SMILES string of the molecule is O=S(=O)(Cc1ccc(Cl)s1)Cc1ccccc1Cl. The van der Waals surface area contributed by atoms with Gasteiger partial charge < -0.3 is 0 Å². The van der Waals surface area contributed by atoms with Gasteiger partial charge in [0.25, 0.3) is 0 Å². The molecule has 0 saturated heterocycles. The molecular formula is C12H10Cl2O2S2. The van der Waals surface area contributed by atoms with Gasteiger partial charge in [-0.15, -0.1) is 11.3 Å². The van der Waals surface area contributed by atoms with Gasteiger partial charge in [-0.05, 0) is 23.8 Å². The third kappa shape index (κ3) is 3.72. The van der Waals surface area contributed by atoms with E-state index in [1.54, 1.807) is 36.4 Å². The molecule has 18 heavy (non-hydrogen) atoms. The maximum absolute atomic E-state index is 12.0. The Morgan fingerprint density at radius 3 is 2.33 bits per heavy atom. The monoisotopic (exact) mass is 320 g/mol. The normalized spacial score (nSPS) is 11.7. The highest BCUT2D eigenvalue weighted by atomic mass is 35.5. The van der Waals surface area contributed by atoms with Crippen LogP contribution in [-0.4, -0.2) is 8.42 Å². The van der Waals surface area contributed by atoms with Crippen molar-refractivity contribution >= 4 is 44.4 Å². The molecule has 6 heteroatoms. The fourth-order valence-corrected chi connectivity index (χ4v) is 4.85. The summed E-state index contributed by atoms with van der Waals surface area (Å²) in [6.07, 6.45) is 0. The summed E-state index contributed by atoms with van der Waals surface area (Å²) in [4.78, 5) is 0.743. The van der Waals surface area contributed by atoms with Crippen molar-refractivity contribution in [2.75, 3.05) is 0 Å². The van der Waals surface area contributed by atoms with E-state index in [2.05, 4.69) is 0 Å². The Bertz CT molecular complexity index is 648. The van der Waals surface area contributed by atoms with Crippen LogP contribution in [0.3, 0.4) is 0 Å². The van der Waals surface area contributed by atoms with E-state index < -0.39 is 9.84 Å². The van der Waals surface area contributed by atoms with E-state index in [9.17, 15) is 8.42 Å².